The minimum absolute atomic E-state index is 0.304. The van der Waals surface area contributed by atoms with Gasteiger partial charge in [-0.05, 0) is 43.5 Å². The van der Waals surface area contributed by atoms with Crippen LogP contribution in [0.5, 0.6) is 0 Å². The highest BCUT2D eigenvalue weighted by Crippen LogP contribution is 2.29. The van der Waals surface area contributed by atoms with E-state index in [0.29, 0.717) is 29.1 Å². The number of hydrogen-bond acceptors (Lipinski definition) is 4. The minimum Gasteiger partial charge on any atom is -0.465 e. The van der Waals surface area contributed by atoms with E-state index in [-0.39, 0.29) is 5.97 Å². The number of rotatable bonds is 4. The third-order valence-corrected chi connectivity index (χ3v) is 4.17. The Morgan fingerprint density at radius 2 is 2.20 bits per heavy atom. The maximum atomic E-state index is 11.8. The van der Waals surface area contributed by atoms with Gasteiger partial charge in [-0.2, -0.15) is 0 Å². The summed E-state index contributed by atoms with van der Waals surface area (Å²) in [6.07, 6.45) is 4.63. The molecule has 0 aromatic heterocycles. The average molecular weight is 297 g/mol. The summed E-state index contributed by atoms with van der Waals surface area (Å²) in [5, 5.41) is 3.98. The largest absolute Gasteiger partial charge is 0.465 e. The van der Waals surface area contributed by atoms with Gasteiger partial charge >= 0.3 is 5.97 Å². The van der Waals surface area contributed by atoms with Crippen LogP contribution in [0.25, 0.3) is 0 Å². The summed E-state index contributed by atoms with van der Waals surface area (Å²) in [5.74, 6) is 0.0695. The summed E-state index contributed by atoms with van der Waals surface area (Å²) in [6, 6.07) is 5.54. The van der Waals surface area contributed by atoms with E-state index in [1.165, 1.54) is 20.0 Å². The van der Waals surface area contributed by atoms with Crippen LogP contribution in [0.4, 0.5) is 5.69 Å². The van der Waals surface area contributed by atoms with Crippen molar-refractivity contribution in [3.63, 3.8) is 0 Å². The molecule has 0 bridgehead atoms. The fourth-order valence-corrected chi connectivity index (χ4v) is 2.97. The number of nitrogens with two attached hydrogens (primary N) is 1. The Labute approximate surface area is 124 Å². The summed E-state index contributed by atoms with van der Waals surface area (Å²) in [6.45, 7) is 0.665. The fraction of sp³-hybridized carbons (Fsp3) is 0.533. The van der Waals surface area contributed by atoms with Crippen LogP contribution < -0.4 is 11.1 Å². The van der Waals surface area contributed by atoms with Crippen molar-refractivity contribution in [1.29, 1.82) is 0 Å². The van der Waals surface area contributed by atoms with Gasteiger partial charge in [-0.3, -0.25) is 0 Å². The van der Waals surface area contributed by atoms with Gasteiger partial charge in [-0.25, -0.2) is 4.79 Å². The van der Waals surface area contributed by atoms with Crippen LogP contribution in [-0.2, 0) is 4.74 Å². The van der Waals surface area contributed by atoms with E-state index in [0.717, 1.165) is 18.5 Å². The van der Waals surface area contributed by atoms with E-state index in [2.05, 4.69) is 5.32 Å². The first kappa shape index (κ1) is 15.1. The molecule has 0 spiro atoms. The molecule has 2 atom stereocenters. The van der Waals surface area contributed by atoms with Gasteiger partial charge in [0.2, 0.25) is 0 Å². The van der Waals surface area contributed by atoms with Crippen molar-refractivity contribution < 1.29 is 9.53 Å². The Morgan fingerprint density at radius 1 is 1.45 bits per heavy atom. The molecule has 4 nitrogen and oxygen atoms in total. The first-order valence-electron chi connectivity index (χ1n) is 7.00. The van der Waals surface area contributed by atoms with Gasteiger partial charge in [-0.15, -0.1) is 0 Å². The van der Waals surface area contributed by atoms with Gasteiger partial charge in [0.25, 0.3) is 0 Å². The number of hydrogen-bond donors (Lipinski definition) is 2. The molecule has 3 N–H and O–H groups in total. The first-order valence-corrected chi connectivity index (χ1v) is 7.38. The molecular weight excluding hydrogens is 276 g/mol. The highest BCUT2D eigenvalue weighted by atomic mass is 35.5. The number of carbonyl (C=O) groups excluding carboxylic acids is 1. The number of benzene rings is 1. The standard InChI is InChI=1S/C15H21ClN2O2/c1-20-15(19)12-8-11(16)6-7-14(12)18-13-5-3-2-4-10(13)9-17/h6-8,10,13,18H,2-5,9,17H2,1H3. The van der Waals surface area contributed by atoms with Gasteiger partial charge < -0.3 is 15.8 Å². The van der Waals surface area contributed by atoms with Crippen molar-refractivity contribution in [1.82, 2.24) is 0 Å². The van der Waals surface area contributed by atoms with E-state index in [1.807, 2.05) is 6.07 Å². The number of carbonyl (C=O) groups is 1. The first-order chi connectivity index (χ1) is 9.65. The zero-order chi connectivity index (χ0) is 14.5. The van der Waals surface area contributed by atoms with Gasteiger partial charge in [-0.1, -0.05) is 24.4 Å². The predicted octanol–water partition coefficient (Wildman–Crippen LogP) is 3.06. The molecule has 1 aliphatic rings. The second-order valence-corrected chi connectivity index (χ2v) is 5.65. The lowest BCUT2D eigenvalue weighted by molar-refractivity contribution is 0.0601. The maximum absolute atomic E-state index is 11.8. The molecule has 5 heteroatoms. The second kappa shape index (κ2) is 6.95. The van der Waals surface area contributed by atoms with Gasteiger partial charge in [0.05, 0.1) is 12.7 Å². The topological polar surface area (TPSA) is 64.3 Å². The summed E-state index contributed by atoms with van der Waals surface area (Å²) in [7, 11) is 1.37. The molecule has 0 saturated heterocycles. The third-order valence-electron chi connectivity index (χ3n) is 3.94. The molecule has 0 amide bonds. The molecule has 1 aliphatic carbocycles. The molecule has 110 valence electrons. The van der Waals surface area contributed by atoms with Gasteiger partial charge in [0.15, 0.2) is 0 Å². The van der Waals surface area contributed by atoms with Crippen molar-refractivity contribution in [2.45, 2.75) is 31.7 Å². The van der Waals surface area contributed by atoms with Crippen molar-refractivity contribution in [3.05, 3.63) is 28.8 Å². The van der Waals surface area contributed by atoms with Crippen molar-refractivity contribution in [2.24, 2.45) is 11.7 Å². The van der Waals surface area contributed by atoms with Gasteiger partial charge in [0, 0.05) is 16.8 Å². The Balaban J connectivity index is 2.21. The molecule has 1 aromatic rings. The highest BCUT2D eigenvalue weighted by Gasteiger charge is 2.25. The summed E-state index contributed by atoms with van der Waals surface area (Å²) < 4.78 is 4.81. The lowest BCUT2D eigenvalue weighted by Gasteiger charge is -2.32. The normalized spacial score (nSPS) is 22.4. The summed E-state index contributed by atoms with van der Waals surface area (Å²) in [4.78, 5) is 11.8. The quantitative estimate of drug-likeness (QED) is 0.838. The van der Waals surface area contributed by atoms with Crippen LogP contribution >= 0.6 is 11.6 Å². The van der Waals surface area contributed by atoms with Crippen molar-refractivity contribution in [3.8, 4) is 0 Å². The number of ether oxygens (including phenoxy) is 1. The number of methoxy groups -OCH3 is 1. The Bertz CT molecular complexity index is 479. The maximum Gasteiger partial charge on any atom is 0.340 e. The molecule has 0 aliphatic heterocycles. The predicted molar refractivity (Wildman–Crippen MR) is 81.2 cm³/mol. The molecule has 2 unspecified atom stereocenters. The van der Waals surface area contributed by atoms with Crippen LogP contribution in [0.1, 0.15) is 36.0 Å². The number of anilines is 1. The Kier molecular flexibility index (Phi) is 5.26. The number of nitrogens with one attached hydrogen (secondary N) is 1. The lowest BCUT2D eigenvalue weighted by atomic mass is 9.84. The summed E-state index contributed by atoms with van der Waals surface area (Å²) in [5.41, 5.74) is 7.09. The molecule has 0 heterocycles. The average Bonchev–Trinajstić information content (AvgIpc) is 2.48. The number of halogens is 1. The lowest BCUT2D eigenvalue weighted by Crippen LogP contribution is -2.37. The smallest absolute Gasteiger partial charge is 0.340 e. The molecule has 2 rings (SSSR count). The van der Waals surface area contributed by atoms with Crippen LogP contribution in [-0.4, -0.2) is 25.7 Å². The van der Waals surface area contributed by atoms with Crippen molar-refractivity contribution >= 4 is 23.3 Å². The number of esters is 1. The minimum atomic E-state index is -0.380. The monoisotopic (exact) mass is 296 g/mol. The molecule has 0 radical (unpaired) electrons. The van der Waals surface area contributed by atoms with Crippen LogP contribution in [0.15, 0.2) is 18.2 Å². The Hall–Kier alpha value is -1.26. The molecule has 1 aromatic carbocycles. The second-order valence-electron chi connectivity index (χ2n) is 5.21. The van der Waals surface area contributed by atoms with Crippen LogP contribution in [0, 0.1) is 5.92 Å². The van der Waals surface area contributed by atoms with E-state index in [9.17, 15) is 4.79 Å². The SMILES string of the molecule is COC(=O)c1cc(Cl)ccc1NC1CCCCC1CN. The summed E-state index contributed by atoms with van der Waals surface area (Å²) >= 11 is 5.96. The van der Waals surface area contributed by atoms with E-state index < -0.39 is 0 Å². The molecule has 1 fully saturated rings. The molecular formula is C15H21ClN2O2. The molecule has 1 saturated carbocycles. The van der Waals surface area contributed by atoms with Crippen LogP contribution in [0.2, 0.25) is 5.02 Å². The zero-order valence-corrected chi connectivity index (χ0v) is 12.5. The highest BCUT2D eigenvalue weighted by molar-refractivity contribution is 6.31. The van der Waals surface area contributed by atoms with Gasteiger partial charge in [0.1, 0.15) is 0 Å². The van der Waals surface area contributed by atoms with Crippen LogP contribution in [0.3, 0.4) is 0 Å². The Morgan fingerprint density at radius 3 is 2.90 bits per heavy atom. The van der Waals surface area contributed by atoms with E-state index in [1.54, 1.807) is 12.1 Å². The zero-order valence-electron chi connectivity index (χ0n) is 11.7. The van der Waals surface area contributed by atoms with E-state index in [4.69, 9.17) is 22.1 Å². The third kappa shape index (κ3) is 3.44. The molecule has 20 heavy (non-hydrogen) atoms. The van der Waals surface area contributed by atoms with E-state index >= 15 is 0 Å². The van der Waals surface area contributed by atoms with Crippen molar-refractivity contribution in [2.75, 3.05) is 19.0 Å². The fourth-order valence-electron chi connectivity index (χ4n) is 2.80.